The lowest BCUT2D eigenvalue weighted by atomic mass is 10.0. The van der Waals surface area contributed by atoms with E-state index in [0.29, 0.717) is 18.8 Å². The first-order valence-corrected chi connectivity index (χ1v) is 11.4. The Morgan fingerprint density at radius 1 is 1.04 bits per heavy atom. The van der Waals surface area contributed by atoms with Crippen molar-refractivity contribution in [1.82, 2.24) is 0 Å². The van der Waals surface area contributed by atoms with Gasteiger partial charge in [-0.25, -0.2) is 4.79 Å². The second-order valence-electron chi connectivity index (χ2n) is 6.08. The molecule has 0 saturated carbocycles. The van der Waals surface area contributed by atoms with E-state index in [1.165, 1.54) is 11.1 Å². The van der Waals surface area contributed by atoms with Crippen molar-refractivity contribution in [1.29, 1.82) is 0 Å². The van der Waals surface area contributed by atoms with E-state index in [-0.39, 0.29) is 10.0 Å². The summed E-state index contributed by atoms with van der Waals surface area (Å²) >= 11 is 9.92. The molecule has 1 fully saturated rings. The van der Waals surface area contributed by atoms with Gasteiger partial charge in [0.15, 0.2) is 6.10 Å². The van der Waals surface area contributed by atoms with E-state index in [1.807, 2.05) is 47.8 Å². The largest absolute Gasteiger partial charge is 0.479 e. The molecule has 1 aliphatic heterocycles. The van der Waals surface area contributed by atoms with Crippen LogP contribution in [0.2, 0.25) is 5.02 Å². The number of hydrogen-bond acceptors (Lipinski definition) is 5. The van der Waals surface area contributed by atoms with Crippen LogP contribution in [-0.2, 0) is 13.6 Å². The summed E-state index contributed by atoms with van der Waals surface area (Å²) in [5.41, 5.74) is 2.42. The third-order valence-electron chi connectivity index (χ3n) is 4.32. The molecule has 3 rings (SSSR count). The molecular weight excluding hydrogens is 400 g/mol. The lowest BCUT2D eigenvalue weighted by Crippen LogP contribution is -2.22. The van der Waals surface area contributed by atoms with Crippen molar-refractivity contribution in [3.05, 3.63) is 64.7 Å². The second kappa shape index (κ2) is 9.26. The minimum absolute atomic E-state index is 0.209. The fourth-order valence-corrected chi connectivity index (χ4v) is 6.31. The van der Waals surface area contributed by atoms with Crippen molar-refractivity contribution in [2.75, 3.05) is 18.1 Å². The van der Waals surface area contributed by atoms with Crippen LogP contribution in [0, 0.1) is 0 Å². The Labute approximate surface area is 174 Å². The standard InChI is InChI=1S/C21H23ClO3S2/c1-3-26-21(27-4-2,15-5-9-17(22)10-6-15)16-7-11-18(12-8-16)25-19-13-14-24-20(19)23/h5-12,19H,3-4,13-14H2,1-2H3. The van der Waals surface area contributed by atoms with Gasteiger partial charge in [0.1, 0.15) is 9.83 Å². The van der Waals surface area contributed by atoms with Crippen LogP contribution in [0.5, 0.6) is 5.75 Å². The molecule has 0 aliphatic carbocycles. The van der Waals surface area contributed by atoms with Gasteiger partial charge >= 0.3 is 5.97 Å². The molecule has 0 aromatic heterocycles. The zero-order chi connectivity index (χ0) is 19.3. The Bertz CT molecular complexity index is 756. The van der Waals surface area contributed by atoms with Crippen LogP contribution in [0.15, 0.2) is 48.5 Å². The summed E-state index contributed by atoms with van der Waals surface area (Å²) in [6.45, 7) is 4.78. The molecule has 1 atom stereocenters. The maximum absolute atomic E-state index is 11.6. The summed E-state index contributed by atoms with van der Waals surface area (Å²) < 4.78 is 10.5. The van der Waals surface area contributed by atoms with E-state index in [2.05, 4.69) is 38.1 Å². The summed E-state index contributed by atoms with van der Waals surface area (Å²) in [4.78, 5) is 11.6. The zero-order valence-corrected chi connectivity index (χ0v) is 17.8. The van der Waals surface area contributed by atoms with Gasteiger partial charge in [-0.1, -0.05) is 49.7 Å². The number of thioether (sulfide) groups is 2. The first-order chi connectivity index (χ1) is 13.1. The van der Waals surface area contributed by atoms with Crippen LogP contribution >= 0.6 is 35.1 Å². The monoisotopic (exact) mass is 422 g/mol. The minimum Gasteiger partial charge on any atom is -0.479 e. The summed E-state index contributed by atoms with van der Waals surface area (Å²) in [7, 11) is 0. The van der Waals surface area contributed by atoms with E-state index in [4.69, 9.17) is 21.1 Å². The fourth-order valence-electron chi connectivity index (χ4n) is 3.12. The Hall–Kier alpha value is -1.30. The Balaban J connectivity index is 1.91. The molecule has 144 valence electrons. The van der Waals surface area contributed by atoms with Gasteiger partial charge in [-0.3, -0.25) is 0 Å². The molecule has 1 heterocycles. The number of benzene rings is 2. The Morgan fingerprint density at radius 2 is 1.59 bits per heavy atom. The van der Waals surface area contributed by atoms with Gasteiger partial charge in [-0.05, 0) is 46.9 Å². The minimum atomic E-state index is -0.494. The molecule has 2 aromatic carbocycles. The SMILES string of the molecule is CCSC(SCC)(c1ccc(Cl)cc1)c1ccc(OC2CCOC2=O)cc1. The Morgan fingerprint density at radius 3 is 2.07 bits per heavy atom. The average molecular weight is 423 g/mol. The van der Waals surface area contributed by atoms with Gasteiger partial charge in [-0.15, -0.1) is 23.5 Å². The highest BCUT2D eigenvalue weighted by atomic mass is 35.5. The lowest BCUT2D eigenvalue weighted by Gasteiger charge is -2.33. The topological polar surface area (TPSA) is 35.5 Å². The third kappa shape index (κ3) is 4.58. The van der Waals surface area contributed by atoms with Crippen molar-refractivity contribution < 1.29 is 14.3 Å². The van der Waals surface area contributed by atoms with Crippen LogP contribution in [0.3, 0.4) is 0 Å². The van der Waals surface area contributed by atoms with Gasteiger partial charge in [0.2, 0.25) is 0 Å². The number of carbonyl (C=O) groups excluding carboxylic acids is 1. The van der Waals surface area contributed by atoms with Crippen LogP contribution in [0.4, 0.5) is 0 Å². The molecule has 0 spiro atoms. The highest BCUT2D eigenvalue weighted by molar-refractivity contribution is 8.17. The summed E-state index contributed by atoms with van der Waals surface area (Å²) in [6, 6.07) is 16.2. The molecule has 0 radical (unpaired) electrons. The molecule has 1 saturated heterocycles. The molecule has 3 nitrogen and oxygen atoms in total. The normalized spacial score (nSPS) is 17.0. The van der Waals surface area contributed by atoms with Crippen molar-refractivity contribution in [2.24, 2.45) is 0 Å². The summed E-state index contributed by atoms with van der Waals surface area (Å²) in [5.74, 6) is 2.39. The predicted octanol–water partition coefficient (Wildman–Crippen LogP) is 5.74. The van der Waals surface area contributed by atoms with E-state index in [9.17, 15) is 4.79 Å². The number of rotatable bonds is 8. The molecule has 6 heteroatoms. The van der Waals surface area contributed by atoms with Crippen LogP contribution < -0.4 is 4.74 Å². The van der Waals surface area contributed by atoms with Gasteiger partial charge in [0.05, 0.1) is 6.61 Å². The number of cyclic esters (lactones) is 1. The van der Waals surface area contributed by atoms with Crippen LogP contribution in [0.1, 0.15) is 31.4 Å². The number of carbonyl (C=O) groups is 1. The second-order valence-corrected chi connectivity index (χ2v) is 9.73. The molecule has 1 unspecified atom stereocenters. The maximum atomic E-state index is 11.6. The van der Waals surface area contributed by atoms with Crippen LogP contribution in [-0.4, -0.2) is 30.2 Å². The van der Waals surface area contributed by atoms with Crippen molar-refractivity contribution >= 4 is 41.1 Å². The summed E-state index contributed by atoms with van der Waals surface area (Å²) in [6.07, 6.45) is 0.110. The highest BCUT2D eigenvalue weighted by Gasteiger charge is 2.35. The van der Waals surface area contributed by atoms with Crippen molar-refractivity contribution in [3.63, 3.8) is 0 Å². The Kier molecular flexibility index (Phi) is 7.01. The number of halogens is 1. The maximum Gasteiger partial charge on any atom is 0.347 e. The summed E-state index contributed by atoms with van der Waals surface area (Å²) in [5, 5.41) is 0.739. The smallest absolute Gasteiger partial charge is 0.347 e. The number of esters is 1. The van der Waals surface area contributed by atoms with Crippen molar-refractivity contribution in [2.45, 2.75) is 30.5 Å². The molecule has 0 bridgehead atoms. The van der Waals surface area contributed by atoms with E-state index in [0.717, 1.165) is 16.5 Å². The van der Waals surface area contributed by atoms with Crippen molar-refractivity contribution in [3.8, 4) is 5.75 Å². The predicted molar refractivity (Wildman–Crippen MR) is 115 cm³/mol. The van der Waals surface area contributed by atoms with E-state index in [1.54, 1.807) is 0 Å². The van der Waals surface area contributed by atoms with Gasteiger partial charge < -0.3 is 9.47 Å². The zero-order valence-electron chi connectivity index (χ0n) is 15.4. The van der Waals surface area contributed by atoms with Crippen LogP contribution in [0.25, 0.3) is 0 Å². The molecule has 0 amide bonds. The number of hydrogen-bond donors (Lipinski definition) is 0. The quantitative estimate of drug-likeness (QED) is 0.400. The lowest BCUT2D eigenvalue weighted by molar-refractivity contribution is -0.143. The van der Waals surface area contributed by atoms with E-state index >= 15 is 0 Å². The molecule has 1 aliphatic rings. The molecule has 0 N–H and O–H groups in total. The average Bonchev–Trinajstić information content (AvgIpc) is 3.07. The first kappa shape index (κ1) is 20.4. The molecular formula is C21H23ClO3S2. The fraction of sp³-hybridized carbons (Fsp3) is 0.381. The van der Waals surface area contributed by atoms with Gasteiger partial charge in [-0.2, -0.15) is 0 Å². The van der Waals surface area contributed by atoms with Gasteiger partial charge in [0, 0.05) is 11.4 Å². The molecule has 27 heavy (non-hydrogen) atoms. The van der Waals surface area contributed by atoms with Gasteiger partial charge in [0.25, 0.3) is 0 Å². The third-order valence-corrected chi connectivity index (χ3v) is 7.61. The molecule has 2 aromatic rings. The highest BCUT2D eigenvalue weighted by Crippen LogP contribution is 2.52. The number of ether oxygens (including phenoxy) is 2. The van der Waals surface area contributed by atoms with E-state index < -0.39 is 6.10 Å². The first-order valence-electron chi connectivity index (χ1n) is 9.07.